The lowest BCUT2D eigenvalue weighted by molar-refractivity contribution is -0.140. The van der Waals surface area contributed by atoms with Crippen LogP contribution in [0.1, 0.15) is 50.5 Å². The number of piperidine rings is 1. The minimum absolute atomic E-state index is 0.179. The number of sulfonamides is 1. The molecule has 3 aliphatic rings. The van der Waals surface area contributed by atoms with Crippen LogP contribution in [0.5, 0.6) is 0 Å². The van der Waals surface area contributed by atoms with Crippen LogP contribution in [-0.2, 0) is 14.8 Å². The first-order valence-electron chi connectivity index (χ1n) is 10.4. The molecule has 28 heavy (non-hydrogen) atoms. The van der Waals surface area contributed by atoms with Crippen LogP contribution in [0.4, 0.5) is 0 Å². The maximum atomic E-state index is 13.2. The van der Waals surface area contributed by atoms with Gasteiger partial charge in [-0.25, -0.2) is 8.42 Å². The van der Waals surface area contributed by atoms with Crippen LogP contribution in [0, 0.1) is 12.8 Å². The average Bonchev–Trinajstić information content (AvgIpc) is 3.11. The molecule has 2 heterocycles. The second-order valence-corrected chi connectivity index (χ2v) is 11.7. The van der Waals surface area contributed by atoms with Gasteiger partial charge in [-0.2, -0.15) is 4.31 Å². The number of amides is 1. The SMILES string of the molecule is Cc1ccc(S(=O)(=O)N2CCC3(CC2)SCCN3C(=O)C2CCCCC2)cc1. The summed E-state index contributed by atoms with van der Waals surface area (Å²) < 4.78 is 27.6. The van der Waals surface area contributed by atoms with Crippen molar-refractivity contribution in [2.75, 3.05) is 25.4 Å². The van der Waals surface area contributed by atoms with Crippen molar-refractivity contribution in [2.24, 2.45) is 5.92 Å². The van der Waals surface area contributed by atoms with Gasteiger partial charge in [-0.1, -0.05) is 37.0 Å². The summed E-state index contributed by atoms with van der Waals surface area (Å²) in [5, 5.41) is 0. The number of hydrogen-bond acceptors (Lipinski definition) is 4. The zero-order chi connectivity index (χ0) is 19.8. The number of aryl methyl sites for hydroxylation is 1. The highest BCUT2D eigenvalue weighted by molar-refractivity contribution is 8.00. The highest BCUT2D eigenvalue weighted by Crippen LogP contribution is 2.46. The van der Waals surface area contributed by atoms with E-state index in [4.69, 9.17) is 0 Å². The second kappa shape index (κ2) is 8.00. The smallest absolute Gasteiger partial charge is 0.243 e. The Labute approximate surface area is 172 Å². The molecular weight excluding hydrogens is 392 g/mol. The summed E-state index contributed by atoms with van der Waals surface area (Å²) in [6.07, 6.45) is 7.05. The molecule has 0 N–H and O–H groups in total. The Morgan fingerprint density at radius 3 is 2.32 bits per heavy atom. The Morgan fingerprint density at radius 1 is 1.04 bits per heavy atom. The topological polar surface area (TPSA) is 57.7 Å². The highest BCUT2D eigenvalue weighted by Gasteiger charge is 2.49. The highest BCUT2D eigenvalue weighted by atomic mass is 32.2. The van der Waals surface area contributed by atoms with Gasteiger partial charge in [0, 0.05) is 31.3 Å². The van der Waals surface area contributed by atoms with Gasteiger partial charge < -0.3 is 4.90 Å². The zero-order valence-corrected chi connectivity index (χ0v) is 18.2. The van der Waals surface area contributed by atoms with Crippen molar-refractivity contribution in [1.82, 2.24) is 9.21 Å². The van der Waals surface area contributed by atoms with Crippen molar-refractivity contribution in [1.29, 1.82) is 0 Å². The summed E-state index contributed by atoms with van der Waals surface area (Å²) in [6, 6.07) is 7.07. The molecule has 7 heteroatoms. The molecule has 1 spiro atoms. The van der Waals surface area contributed by atoms with E-state index in [9.17, 15) is 13.2 Å². The van der Waals surface area contributed by atoms with E-state index in [1.165, 1.54) is 6.42 Å². The van der Waals surface area contributed by atoms with Crippen molar-refractivity contribution in [3.63, 3.8) is 0 Å². The lowest BCUT2D eigenvalue weighted by Gasteiger charge is -2.44. The number of rotatable bonds is 3. The Morgan fingerprint density at radius 2 is 1.68 bits per heavy atom. The van der Waals surface area contributed by atoms with E-state index >= 15 is 0 Å². The molecular formula is C21H30N2O3S2. The van der Waals surface area contributed by atoms with Crippen molar-refractivity contribution >= 4 is 27.7 Å². The minimum Gasteiger partial charge on any atom is -0.327 e. The molecule has 154 valence electrons. The normalized spacial score (nSPS) is 24.0. The van der Waals surface area contributed by atoms with Gasteiger partial charge in [0.1, 0.15) is 0 Å². The number of carbonyl (C=O) groups is 1. The summed E-state index contributed by atoms with van der Waals surface area (Å²) in [4.78, 5) is 15.5. The fraction of sp³-hybridized carbons (Fsp3) is 0.667. The van der Waals surface area contributed by atoms with Crippen molar-refractivity contribution in [3.05, 3.63) is 29.8 Å². The van der Waals surface area contributed by atoms with Gasteiger partial charge >= 0.3 is 0 Å². The van der Waals surface area contributed by atoms with Crippen LogP contribution in [0.3, 0.4) is 0 Å². The molecule has 3 fully saturated rings. The lowest BCUT2D eigenvalue weighted by Crippen LogP contribution is -2.54. The Kier molecular flexibility index (Phi) is 5.78. The van der Waals surface area contributed by atoms with Gasteiger partial charge in [-0.05, 0) is 44.7 Å². The summed E-state index contributed by atoms with van der Waals surface area (Å²) >= 11 is 1.86. The second-order valence-electron chi connectivity index (χ2n) is 8.34. The average molecular weight is 423 g/mol. The van der Waals surface area contributed by atoms with Crippen molar-refractivity contribution in [2.45, 2.75) is 61.6 Å². The molecule has 2 saturated heterocycles. The van der Waals surface area contributed by atoms with Crippen LogP contribution in [0.25, 0.3) is 0 Å². The summed E-state index contributed by atoms with van der Waals surface area (Å²) in [5.74, 6) is 1.46. The van der Waals surface area contributed by atoms with E-state index < -0.39 is 10.0 Å². The quantitative estimate of drug-likeness (QED) is 0.746. The third-order valence-electron chi connectivity index (χ3n) is 6.56. The summed E-state index contributed by atoms with van der Waals surface area (Å²) in [7, 11) is -3.46. The molecule has 5 nitrogen and oxygen atoms in total. The molecule has 0 radical (unpaired) electrons. The Balaban J connectivity index is 1.46. The molecule has 1 amide bonds. The van der Waals surface area contributed by atoms with E-state index in [0.717, 1.165) is 56.4 Å². The van der Waals surface area contributed by atoms with Crippen LogP contribution < -0.4 is 0 Å². The van der Waals surface area contributed by atoms with E-state index in [0.29, 0.717) is 23.9 Å². The van der Waals surface area contributed by atoms with Crippen molar-refractivity contribution < 1.29 is 13.2 Å². The fourth-order valence-corrected chi connectivity index (χ4v) is 7.74. The van der Waals surface area contributed by atoms with Gasteiger partial charge in [0.15, 0.2) is 0 Å². The lowest BCUT2D eigenvalue weighted by atomic mass is 9.87. The first kappa shape index (κ1) is 20.2. The van der Waals surface area contributed by atoms with Gasteiger partial charge in [-0.15, -0.1) is 11.8 Å². The summed E-state index contributed by atoms with van der Waals surface area (Å²) in [6.45, 7) is 3.73. The minimum atomic E-state index is -3.46. The molecule has 1 aromatic carbocycles. The number of hydrogen-bond donors (Lipinski definition) is 0. The molecule has 1 aliphatic carbocycles. The maximum absolute atomic E-state index is 13.2. The standard InChI is InChI=1S/C21H30N2O3S2/c1-17-7-9-19(10-8-17)28(25,26)22-13-11-21(12-14-22)23(15-16-27-21)20(24)18-5-3-2-4-6-18/h7-10,18H,2-6,11-16H2,1H3. The van der Waals surface area contributed by atoms with E-state index in [1.807, 2.05) is 30.8 Å². The van der Waals surface area contributed by atoms with E-state index in [2.05, 4.69) is 4.90 Å². The first-order valence-corrected chi connectivity index (χ1v) is 12.9. The van der Waals surface area contributed by atoms with Crippen LogP contribution in [0.15, 0.2) is 29.2 Å². The van der Waals surface area contributed by atoms with Crippen LogP contribution in [-0.4, -0.2) is 53.8 Å². The third kappa shape index (κ3) is 3.73. The van der Waals surface area contributed by atoms with Gasteiger partial charge in [-0.3, -0.25) is 4.79 Å². The maximum Gasteiger partial charge on any atom is 0.243 e. The van der Waals surface area contributed by atoms with Crippen LogP contribution in [0.2, 0.25) is 0 Å². The molecule has 1 aromatic rings. The first-order chi connectivity index (χ1) is 13.4. The number of thioether (sulfide) groups is 1. The molecule has 1 saturated carbocycles. The number of nitrogens with zero attached hydrogens (tertiary/aromatic N) is 2. The van der Waals surface area contributed by atoms with E-state index in [1.54, 1.807) is 16.4 Å². The van der Waals surface area contributed by atoms with Gasteiger partial charge in [0.2, 0.25) is 15.9 Å². The molecule has 0 aromatic heterocycles. The van der Waals surface area contributed by atoms with E-state index in [-0.39, 0.29) is 10.8 Å². The predicted octanol–water partition coefficient (Wildman–Crippen LogP) is 3.63. The number of benzene rings is 1. The number of carbonyl (C=O) groups excluding carboxylic acids is 1. The fourth-order valence-electron chi connectivity index (χ4n) is 4.84. The molecule has 4 rings (SSSR count). The predicted molar refractivity (Wildman–Crippen MR) is 113 cm³/mol. The zero-order valence-electron chi connectivity index (χ0n) is 16.6. The van der Waals surface area contributed by atoms with Crippen LogP contribution >= 0.6 is 11.8 Å². The Hall–Kier alpha value is -1.05. The van der Waals surface area contributed by atoms with Crippen molar-refractivity contribution in [3.8, 4) is 0 Å². The largest absolute Gasteiger partial charge is 0.327 e. The molecule has 2 aliphatic heterocycles. The summed E-state index contributed by atoms with van der Waals surface area (Å²) in [5.41, 5.74) is 1.05. The van der Waals surface area contributed by atoms with Gasteiger partial charge in [0.25, 0.3) is 0 Å². The Bertz CT molecular complexity index is 809. The van der Waals surface area contributed by atoms with Gasteiger partial charge in [0.05, 0.1) is 9.77 Å². The third-order valence-corrected chi connectivity index (χ3v) is 10.0. The molecule has 0 unspecified atom stereocenters. The molecule has 0 atom stereocenters. The monoisotopic (exact) mass is 422 g/mol. The molecule has 0 bridgehead atoms.